The topological polar surface area (TPSA) is 119 Å². The van der Waals surface area contributed by atoms with Crippen molar-refractivity contribution in [1.82, 2.24) is 29.5 Å². The average molecular weight is 383 g/mol. The van der Waals surface area contributed by atoms with Crippen LogP contribution >= 0.6 is 23.2 Å². The Balaban J connectivity index is 1.99. The number of nitrogen functional groups attached to an aromatic ring is 1. The summed E-state index contributed by atoms with van der Waals surface area (Å²) < 4.78 is 1.29. The molecule has 0 amide bonds. The Labute approximate surface area is 156 Å². The fraction of sp³-hybridized carbons (Fsp3) is 0. The lowest BCUT2D eigenvalue weighted by Gasteiger charge is -2.08. The van der Waals surface area contributed by atoms with Crippen LogP contribution in [-0.4, -0.2) is 29.5 Å². The SMILES string of the molecule is N#Cc1c(-c2ccc(Cl)cc2Cl)nc2nc(-c3cnccn3)nn2c1N. The molecule has 0 unspecified atom stereocenters. The molecule has 3 aromatic heterocycles. The highest BCUT2D eigenvalue weighted by Gasteiger charge is 2.20. The third kappa shape index (κ3) is 2.60. The first-order valence-electron chi connectivity index (χ1n) is 7.26. The van der Waals surface area contributed by atoms with Crippen molar-refractivity contribution < 1.29 is 0 Å². The van der Waals surface area contributed by atoms with Crippen molar-refractivity contribution in [3.63, 3.8) is 0 Å². The zero-order valence-electron chi connectivity index (χ0n) is 12.9. The predicted octanol–water partition coefficient (Wildman–Crippen LogP) is 3.01. The van der Waals surface area contributed by atoms with Crippen LogP contribution in [0, 0.1) is 11.3 Å². The molecule has 1 aromatic carbocycles. The van der Waals surface area contributed by atoms with Crippen LogP contribution in [0.2, 0.25) is 10.0 Å². The number of nitrogens with zero attached hydrogens (tertiary/aromatic N) is 7. The van der Waals surface area contributed by atoms with Crippen LogP contribution in [0.3, 0.4) is 0 Å². The van der Waals surface area contributed by atoms with E-state index in [1.54, 1.807) is 24.4 Å². The first-order chi connectivity index (χ1) is 12.6. The molecule has 0 atom stereocenters. The van der Waals surface area contributed by atoms with Gasteiger partial charge in [-0.2, -0.15) is 14.8 Å². The Bertz CT molecular complexity index is 1180. The van der Waals surface area contributed by atoms with E-state index in [1.165, 1.54) is 16.9 Å². The number of hydrogen-bond acceptors (Lipinski definition) is 7. The summed E-state index contributed by atoms with van der Waals surface area (Å²) in [5.41, 5.74) is 7.55. The largest absolute Gasteiger partial charge is 0.382 e. The molecule has 0 bridgehead atoms. The molecule has 4 rings (SSSR count). The molecule has 0 fully saturated rings. The lowest BCUT2D eigenvalue weighted by Crippen LogP contribution is -2.06. The molecule has 4 aromatic rings. The molecule has 0 saturated carbocycles. The van der Waals surface area contributed by atoms with Crippen molar-refractivity contribution in [1.29, 1.82) is 5.26 Å². The van der Waals surface area contributed by atoms with E-state index in [0.29, 0.717) is 32.8 Å². The van der Waals surface area contributed by atoms with Gasteiger partial charge in [0.25, 0.3) is 5.78 Å². The Morgan fingerprint density at radius 2 is 2.00 bits per heavy atom. The lowest BCUT2D eigenvalue weighted by atomic mass is 10.1. The van der Waals surface area contributed by atoms with Gasteiger partial charge in [0.15, 0.2) is 0 Å². The van der Waals surface area contributed by atoms with Crippen LogP contribution < -0.4 is 5.73 Å². The van der Waals surface area contributed by atoms with Crippen LogP contribution in [0.4, 0.5) is 5.82 Å². The highest BCUT2D eigenvalue weighted by atomic mass is 35.5. The third-order valence-electron chi connectivity index (χ3n) is 3.61. The summed E-state index contributed by atoms with van der Waals surface area (Å²) in [6.45, 7) is 0. The van der Waals surface area contributed by atoms with Crippen LogP contribution in [0.25, 0.3) is 28.6 Å². The molecule has 0 aliphatic rings. The zero-order valence-corrected chi connectivity index (χ0v) is 14.4. The van der Waals surface area contributed by atoms with Gasteiger partial charge in [0.05, 0.1) is 16.9 Å². The molecule has 2 N–H and O–H groups in total. The fourth-order valence-electron chi connectivity index (χ4n) is 2.43. The molecule has 0 radical (unpaired) electrons. The lowest BCUT2D eigenvalue weighted by molar-refractivity contribution is 0.949. The van der Waals surface area contributed by atoms with Gasteiger partial charge in [-0.25, -0.2) is 9.97 Å². The number of benzene rings is 1. The third-order valence-corrected chi connectivity index (χ3v) is 4.16. The van der Waals surface area contributed by atoms with Crippen molar-refractivity contribution in [3.05, 3.63) is 52.4 Å². The van der Waals surface area contributed by atoms with Crippen LogP contribution in [0.15, 0.2) is 36.8 Å². The fourth-order valence-corrected chi connectivity index (χ4v) is 2.93. The smallest absolute Gasteiger partial charge is 0.255 e. The number of fused-ring (bicyclic) bond motifs is 1. The highest BCUT2D eigenvalue weighted by Crippen LogP contribution is 2.33. The van der Waals surface area contributed by atoms with E-state index in [0.717, 1.165) is 0 Å². The van der Waals surface area contributed by atoms with Crippen molar-refractivity contribution in [2.75, 3.05) is 5.73 Å². The Kier molecular flexibility index (Phi) is 3.88. The highest BCUT2D eigenvalue weighted by molar-refractivity contribution is 6.36. The quantitative estimate of drug-likeness (QED) is 0.565. The van der Waals surface area contributed by atoms with Gasteiger partial charge in [0.1, 0.15) is 23.1 Å². The second-order valence-electron chi connectivity index (χ2n) is 5.19. The van der Waals surface area contributed by atoms with Gasteiger partial charge in [-0.05, 0) is 18.2 Å². The van der Waals surface area contributed by atoms with E-state index >= 15 is 0 Å². The Morgan fingerprint density at radius 1 is 1.15 bits per heavy atom. The van der Waals surface area contributed by atoms with Gasteiger partial charge in [0.2, 0.25) is 5.82 Å². The van der Waals surface area contributed by atoms with Gasteiger partial charge in [-0.3, -0.25) is 4.98 Å². The van der Waals surface area contributed by atoms with Gasteiger partial charge in [-0.1, -0.05) is 23.2 Å². The first-order valence-corrected chi connectivity index (χ1v) is 8.02. The number of rotatable bonds is 2. The summed E-state index contributed by atoms with van der Waals surface area (Å²) in [6, 6.07) is 6.94. The van der Waals surface area contributed by atoms with E-state index in [2.05, 4.69) is 25.0 Å². The summed E-state index contributed by atoms with van der Waals surface area (Å²) in [7, 11) is 0. The van der Waals surface area contributed by atoms with Crippen LogP contribution in [0.1, 0.15) is 5.56 Å². The Morgan fingerprint density at radius 3 is 2.69 bits per heavy atom. The maximum absolute atomic E-state index is 9.57. The molecule has 10 heteroatoms. The van der Waals surface area contributed by atoms with E-state index in [1.807, 2.05) is 6.07 Å². The molecular weight excluding hydrogens is 375 g/mol. The van der Waals surface area contributed by atoms with Gasteiger partial charge < -0.3 is 5.73 Å². The van der Waals surface area contributed by atoms with Crippen LogP contribution in [0.5, 0.6) is 0 Å². The summed E-state index contributed by atoms with van der Waals surface area (Å²) in [4.78, 5) is 16.9. The summed E-state index contributed by atoms with van der Waals surface area (Å²) in [5.74, 6) is 0.602. The van der Waals surface area contributed by atoms with E-state index < -0.39 is 0 Å². The van der Waals surface area contributed by atoms with E-state index in [-0.39, 0.29) is 17.2 Å². The minimum atomic E-state index is 0.0983. The maximum atomic E-state index is 9.57. The molecule has 0 saturated heterocycles. The molecule has 26 heavy (non-hydrogen) atoms. The van der Waals surface area contributed by atoms with Gasteiger partial charge in [0, 0.05) is 23.0 Å². The number of anilines is 1. The monoisotopic (exact) mass is 382 g/mol. The van der Waals surface area contributed by atoms with Crippen LogP contribution in [-0.2, 0) is 0 Å². The minimum absolute atomic E-state index is 0.0983. The first kappa shape index (κ1) is 16.2. The molecule has 8 nitrogen and oxygen atoms in total. The molecule has 3 heterocycles. The second kappa shape index (κ2) is 6.22. The molecule has 126 valence electrons. The van der Waals surface area contributed by atoms with Gasteiger partial charge in [-0.15, -0.1) is 5.10 Å². The normalized spacial score (nSPS) is 10.8. The Hall–Kier alpha value is -3.28. The summed E-state index contributed by atoms with van der Waals surface area (Å²) >= 11 is 12.2. The van der Waals surface area contributed by atoms with E-state index in [4.69, 9.17) is 28.9 Å². The van der Waals surface area contributed by atoms with Crippen molar-refractivity contribution in [3.8, 4) is 28.8 Å². The average Bonchev–Trinajstić information content (AvgIpc) is 3.07. The molecule has 0 spiro atoms. The second-order valence-corrected chi connectivity index (χ2v) is 6.04. The standard InChI is InChI=1S/C16H8Cl2N8/c17-8-1-2-9(11(18)5-8)13-10(6-19)14(20)26-16(23-13)24-15(25-26)12-7-21-3-4-22-12/h1-5,7H,20H2. The number of aromatic nitrogens is 6. The van der Waals surface area contributed by atoms with Gasteiger partial charge >= 0.3 is 0 Å². The zero-order chi connectivity index (χ0) is 18.3. The number of hydrogen-bond donors (Lipinski definition) is 1. The number of halogens is 2. The molecule has 0 aliphatic heterocycles. The maximum Gasteiger partial charge on any atom is 0.255 e. The summed E-state index contributed by atoms with van der Waals surface area (Å²) in [5, 5.41) is 14.7. The minimum Gasteiger partial charge on any atom is -0.382 e. The predicted molar refractivity (Wildman–Crippen MR) is 96.4 cm³/mol. The number of nitrogens with two attached hydrogens (primary N) is 1. The molecular formula is C16H8Cl2N8. The van der Waals surface area contributed by atoms with E-state index in [9.17, 15) is 5.26 Å². The van der Waals surface area contributed by atoms with Crippen molar-refractivity contribution in [2.24, 2.45) is 0 Å². The summed E-state index contributed by atoms with van der Waals surface area (Å²) in [6.07, 6.45) is 4.59. The van der Waals surface area contributed by atoms with Crippen molar-refractivity contribution >= 4 is 34.8 Å². The number of nitriles is 1. The molecule has 0 aliphatic carbocycles. The van der Waals surface area contributed by atoms with Crippen molar-refractivity contribution in [2.45, 2.75) is 0 Å².